The van der Waals surface area contributed by atoms with Crippen LogP contribution >= 0.6 is 0 Å². The SMILES string of the molecule is CC1(C)CCN(CC2(CN[C@H]3CC3c3ccccc3)CC2)C1. The Morgan fingerprint density at radius 1 is 1.14 bits per heavy atom. The summed E-state index contributed by atoms with van der Waals surface area (Å²) >= 11 is 0. The molecule has 2 saturated carbocycles. The van der Waals surface area contributed by atoms with E-state index in [4.69, 9.17) is 0 Å². The summed E-state index contributed by atoms with van der Waals surface area (Å²) in [5.41, 5.74) is 2.66. The third-order valence-corrected chi connectivity index (χ3v) is 6.03. The zero-order chi connectivity index (χ0) is 15.2. The molecule has 4 rings (SSSR count). The van der Waals surface area contributed by atoms with Crippen molar-refractivity contribution in [2.45, 2.75) is 51.5 Å². The van der Waals surface area contributed by atoms with Crippen molar-refractivity contribution in [3.05, 3.63) is 35.9 Å². The summed E-state index contributed by atoms with van der Waals surface area (Å²) in [4.78, 5) is 2.72. The fourth-order valence-electron chi connectivity index (χ4n) is 4.24. The van der Waals surface area contributed by atoms with Crippen LogP contribution in [0.15, 0.2) is 30.3 Å². The van der Waals surface area contributed by atoms with Crippen molar-refractivity contribution < 1.29 is 0 Å². The van der Waals surface area contributed by atoms with Crippen LogP contribution in [-0.2, 0) is 0 Å². The Morgan fingerprint density at radius 2 is 1.91 bits per heavy atom. The fourth-order valence-corrected chi connectivity index (χ4v) is 4.24. The van der Waals surface area contributed by atoms with Gasteiger partial charge in [-0.05, 0) is 48.6 Å². The standard InChI is InChI=1S/C20H30N2/c1-19(2)10-11-22(14-19)15-20(8-9-20)13-21-18-12-17(18)16-6-4-3-5-7-16/h3-7,17-18,21H,8-15H2,1-2H3/t17?,18-/m0/s1. The number of likely N-dealkylation sites (tertiary alicyclic amines) is 1. The summed E-state index contributed by atoms with van der Waals surface area (Å²) in [6, 6.07) is 11.8. The van der Waals surface area contributed by atoms with Crippen LogP contribution in [0.5, 0.6) is 0 Å². The van der Waals surface area contributed by atoms with Crippen molar-refractivity contribution in [2.24, 2.45) is 10.8 Å². The van der Waals surface area contributed by atoms with Crippen molar-refractivity contribution >= 4 is 0 Å². The molecule has 3 fully saturated rings. The van der Waals surface area contributed by atoms with Crippen molar-refractivity contribution in [2.75, 3.05) is 26.2 Å². The van der Waals surface area contributed by atoms with Crippen molar-refractivity contribution in [3.8, 4) is 0 Å². The highest BCUT2D eigenvalue weighted by Crippen LogP contribution is 2.48. The number of hydrogen-bond donors (Lipinski definition) is 1. The number of nitrogens with zero attached hydrogens (tertiary/aromatic N) is 1. The minimum Gasteiger partial charge on any atom is -0.313 e. The lowest BCUT2D eigenvalue weighted by Crippen LogP contribution is -2.36. The number of rotatable bonds is 6. The molecule has 2 nitrogen and oxygen atoms in total. The molecule has 2 heteroatoms. The number of hydrogen-bond acceptors (Lipinski definition) is 2. The Balaban J connectivity index is 1.25. The molecule has 0 amide bonds. The highest BCUT2D eigenvalue weighted by molar-refractivity contribution is 5.27. The third kappa shape index (κ3) is 3.23. The van der Waals surface area contributed by atoms with E-state index in [1.807, 2.05) is 0 Å². The molecule has 22 heavy (non-hydrogen) atoms. The average Bonchev–Trinajstić information content (AvgIpc) is 3.39. The Labute approximate surface area is 135 Å². The number of benzene rings is 1. The van der Waals surface area contributed by atoms with Gasteiger partial charge in [0, 0.05) is 31.6 Å². The van der Waals surface area contributed by atoms with Crippen molar-refractivity contribution in [1.82, 2.24) is 10.2 Å². The lowest BCUT2D eigenvalue weighted by molar-refractivity contribution is 0.233. The van der Waals surface area contributed by atoms with E-state index in [0.717, 1.165) is 12.0 Å². The van der Waals surface area contributed by atoms with Crippen LogP contribution in [0.25, 0.3) is 0 Å². The van der Waals surface area contributed by atoms with Gasteiger partial charge in [0.05, 0.1) is 0 Å². The van der Waals surface area contributed by atoms with Crippen molar-refractivity contribution in [3.63, 3.8) is 0 Å². The second-order valence-electron chi connectivity index (χ2n) is 8.87. The topological polar surface area (TPSA) is 15.3 Å². The molecule has 1 aromatic carbocycles. The summed E-state index contributed by atoms with van der Waals surface area (Å²) in [5.74, 6) is 0.766. The largest absolute Gasteiger partial charge is 0.313 e. The summed E-state index contributed by atoms with van der Waals surface area (Å²) < 4.78 is 0. The number of nitrogens with one attached hydrogen (secondary N) is 1. The monoisotopic (exact) mass is 298 g/mol. The molecule has 1 aliphatic heterocycles. The van der Waals surface area contributed by atoms with Crippen LogP contribution in [0, 0.1) is 10.8 Å². The van der Waals surface area contributed by atoms with Gasteiger partial charge in [-0.2, -0.15) is 0 Å². The van der Waals surface area contributed by atoms with Gasteiger partial charge in [-0.15, -0.1) is 0 Å². The van der Waals surface area contributed by atoms with E-state index in [-0.39, 0.29) is 0 Å². The summed E-state index contributed by atoms with van der Waals surface area (Å²) in [6.45, 7) is 10.00. The molecule has 1 N–H and O–H groups in total. The lowest BCUT2D eigenvalue weighted by Gasteiger charge is -2.25. The van der Waals surface area contributed by atoms with Crippen LogP contribution in [0.4, 0.5) is 0 Å². The third-order valence-electron chi connectivity index (χ3n) is 6.03. The Bertz CT molecular complexity index is 518. The summed E-state index contributed by atoms with van der Waals surface area (Å²) in [6.07, 6.45) is 5.56. The molecule has 1 aromatic rings. The van der Waals surface area contributed by atoms with E-state index in [1.165, 1.54) is 57.4 Å². The molecule has 1 heterocycles. The highest BCUT2D eigenvalue weighted by atomic mass is 15.2. The maximum atomic E-state index is 3.88. The summed E-state index contributed by atoms with van der Waals surface area (Å²) in [5, 5.41) is 3.88. The first-order valence-electron chi connectivity index (χ1n) is 9.06. The Kier molecular flexibility index (Phi) is 3.58. The zero-order valence-corrected chi connectivity index (χ0v) is 14.1. The predicted molar refractivity (Wildman–Crippen MR) is 92.1 cm³/mol. The van der Waals surface area contributed by atoms with Gasteiger partial charge in [-0.3, -0.25) is 0 Å². The Hall–Kier alpha value is -0.860. The van der Waals surface area contributed by atoms with Gasteiger partial charge in [-0.1, -0.05) is 44.2 Å². The van der Waals surface area contributed by atoms with Crippen LogP contribution in [0.2, 0.25) is 0 Å². The molecular formula is C20H30N2. The van der Waals surface area contributed by atoms with Gasteiger partial charge in [0.15, 0.2) is 0 Å². The van der Waals surface area contributed by atoms with Gasteiger partial charge in [-0.25, -0.2) is 0 Å². The van der Waals surface area contributed by atoms with E-state index < -0.39 is 0 Å². The highest BCUT2D eigenvalue weighted by Gasteiger charge is 2.47. The second kappa shape index (κ2) is 5.35. The minimum absolute atomic E-state index is 0.540. The van der Waals surface area contributed by atoms with E-state index in [1.54, 1.807) is 0 Å². The molecule has 2 atom stereocenters. The zero-order valence-electron chi connectivity index (χ0n) is 14.1. The molecule has 0 bridgehead atoms. The maximum Gasteiger partial charge on any atom is 0.0143 e. The molecule has 1 saturated heterocycles. The van der Waals surface area contributed by atoms with E-state index in [0.29, 0.717) is 10.8 Å². The normalized spacial score (nSPS) is 32.1. The summed E-state index contributed by atoms with van der Waals surface area (Å²) in [7, 11) is 0. The molecular weight excluding hydrogens is 268 g/mol. The lowest BCUT2D eigenvalue weighted by atomic mass is 9.93. The molecule has 120 valence electrons. The van der Waals surface area contributed by atoms with E-state index in [9.17, 15) is 0 Å². The molecule has 1 unspecified atom stereocenters. The van der Waals surface area contributed by atoms with Crippen LogP contribution in [0.3, 0.4) is 0 Å². The minimum atomic E-state index is 0.540. The fraction of sp³-hybridized carbons (Fsp3) is 0.700. The van der Waals surface area contributed by atoms with Crippen molar-refractivity contribution in [1.29, 1.82) is 0 Å². The van der Waals surface area contributed by atoms with Gasteiger partial charge in [0.1, 0.15) is 0 Å². The van der Waals surface area contributed by atoms with E-state index >= 15 is 0 Å². The first-order chi connectivity index (χ1) is 10.6. The first kappa shape index (κ1) is 14.7. The average molecular weight is 298 g/mol. The molecule has 0 aromatic heterocycles. The van der Waals surface area contributed by atoms with E-state index in [2.05, 4.69) is 54.4 Å². The van der Waals surface area contributed by atoms with Crippen LogP contribution < -0.4 is 5.32 Å². The quantitative estimate of drug-likeness (QED) is 0.862. The van der Waals surface area contributed by atoms with Crippen LogP contribution in [0.1, 0.15) is 51.0 Å². The predicted octanol–water partition coefficient (Wildman–Crippen LogP) is 3.64. The van der Waals surface area contributed by atoms with Gasteiger partial charge >= 0.3 is 0 Å². The first-order valence-corrected chi connectivity index (χ1v) is 9.06. The smallest absolute Gasteiger partial charge is 0.0143 e. The maximum absolute atomic E-state index is 3.88. The second-order valence-corrected chi connectivity index (χ2v) is 8.87. The molecule has 3 aliphatic rings. The van der Waals surface area contributed by atoms with Gasteiger partial charge < -0.3 is 10.2 Å². The van der Waals surface area contributed by atoms with Crippen LogP contribution in [-0.4, -0.2) is 37.1 Å². The van der Waals surface area contributed by atoms with Gasteiger partial charge in [0.2, 0.25) is 0 Å². The molecule has 0 spiro atoms. The molecule has 0 radical (unpaired) electrons. The van der Waals surface area contributed by atoms with Gasteiger partial charge in [0.25, 0.3) is 0 Å². The Morgan fingerprint density at radius 3 is 2.55 bits per heavy atom. The molecule has 2 aliphatic carbocycles.